The molecule has 0 radical (unpaired) electrons. The first kappa shape index (κ1) is 15.9. The molecule has 0 unspecified atom stereocenters. The van der Waals surface area contributed by atoms with Crippen molar-refractivity contribution in [2.45, 2.75) is 51.7 Å². The molecular weight excluding hydrogens is 274 g/mol. The molecule has 1 saturated heterocycles. The number of carboxylic acid groups (broad SMARTS) is 1. The predicted octanol–water partition coefficient (Wildman–Crippen LogP) is 1.43. The van der Waals surface area contributed by atoms with E-state index >= 15 is 0 Å². The summed E-state index contributed by atoms with van der Waals surface area (Å²) in [5.41, 5.74) is -0.136. The van der Waals surface area contributed by atoms with E-state index in [1.165, 1.54) is 0 Å². The second-order valence-electron chi connectivity index (χ2n) is 6.45. The lowest BCUT2D eigenvalue weighted by molar-refractivity contribution is -0.145. The molecule has 1 aromatic rings. The normalized spacial score (nSPS) is 18.0. The maximum Gasteiger partial charge on any atom is 0.329 e. The molecule has 0 spiro atoms. The smallest absolute Gasteiger partial charge is 0.329 e. The van der Waals surface area contributed by atoms with Crippen LogP contribution in [0.15, 0.2) is 4.52 Å². The molecule has 21 heavy (non-hydrogen) atoms. The molecular formula is C14H23N3O4. The van der Waals surface area contributed by atoms with Crippen LogP contribution in [0.1, 0.15) is 45.3 Å². The molecule has 1 aromatic heterocycles. The zero-order valence-electron chi connectivity index (χ0n) is 12.8. The van der Waals surface area contributed by atoms with Crippen molar-refractivity contribution in [2.24, 2.45) is 0 Å². The minimum Gasteiger partial charge on any atom is -0.480 e. The molecule has 1 aliphatic rings. The van der Waals surface area contributed by atoms with E-state index in [4.69, 9.17) is 14.4 Å². The van der Waals surface area contributed by atoms with Gasteiger partial charge in [-0.15, -0.1) is 0 Å². The Balaban J connectivity index is 1.78. The first-order chi connectivity index (χ1) is 9.84. The van der Waals surface area contributed by atoms with Gasteiger partial charge in [0.25, 0.3) is 0 Å². The molecule has 118 valence electrons. The van der Waals surface area contributed by atoms with Crippen molar-refractivity contribution in [3.63, 3.8) is 0 Å². The van der Waals surface area contributed by atoms with Crippen LogP contribution in [0.4, 0.5) is 0 Å². The van der Waals surface area contributed by atoms with E-state index in [1.807, 2.05) is 20.8 Å². The minimum absolute atomic E-state index is 0.0350. The predicted molar refractivity (Wildman–Crippen MR) is 74.9 cm³/mol. The molecule has 0 bridgehead atoms. The highest BCUT2D eigenvalue weighted by molar-refractivity contribution is 5.68. The van der Waals surface area contributed by atoms with Crippen molar-refractivity contribution in [1.29, 1.82) is 0 Å². The van der Waals surface area contributed by atoms with Gasteiger partial charge in [-0.25, -0.2) is 4.79 Å². The van der Waals surface area contributed by atoms with Crippen LogP contribution in [0.25, 0.3) is 0 Å². The van der Waals surface area contributed by atoms with Crippen LogP contribution in [0, 0.1) is 0 Å². The van der Waals surface area contributed by atoms with Gasteiger partial charge in [-0.3, -0.25) is 4.90 Å². The van der Waals surface area contributed by atoms with Crippen LogP contribution < -0.4 is 0 Å². The molecule has 1 aliphatic heterocycles. The summed E-state index contributed by atoms with van der Waals surface area (Å²) in [4.78, 5) is 17.1. The van der Waals surface area contributed by atoms with Crippen molar-refractivity contribution < 1.29 is 19.2 Å². The van der Waals surface area contributed by atoms with Crippen molar-refractivity contribution in [3.8, 4) is 0 Å². The van der Waals surface area contributed by atoms with Gasteiger partial charge >= 0.3 is 5.97 Å². The molecule has 2 heterocycles. The molecule has 0 aromatic carbocycles. The Morgan fingerprint density at radius 1 is 1.43 bits per heavy atom. The summed E-state index contributed by atoms with van der Waals surface area (Å²) in [7, 11) is 0. The number of likely N-dealkylation sites (tertiary alicyclic amines) is 1. The fourth-order valence-corrected chi connectivity index (χ4v) is 2.25. The second kappa shape index (κ2) is 6.53. The molecule has 0 aliphatic carbocycles. The summed E-state index contributed by atoms with van der Waals surface area (Å²) in [6, 6.07) is 0. The zero-order chi connectivity index (χ0) is 15.5. The number of aliphatic carboxylic acids is 1. The van der Waals surface area contributed by atoms with E-state index in [2.05, 4.69) is 15.0 Å². The summed E-state index contributed by atoms with van der Waals surface area (Å²) in [6.45, 7) is 8.25. The number of nitrogens with zero attached hydrogens (tertiary/aromatic N) is 3. The lowest BCUT2D eigenvalue weighted by Crippen LogP contribution is -2.37. The minimum atomic E-state index is -0.918. The quantitative estimate of drug-likeness (QED) is 0.879. The van der Waals surface area contributed by atoms with Crippen molar-refractivity contribution in [1.82, 2.24) is 15.0 Å². The third-order valence-electron chi connectivity index (χ3n) is 3.45. The number of ether oxygens (including phenoxy) is 1. The van der Waals surface area contributed by atoms with Gasteiger partial charge in [-0.2, -0.15) is 4.98 Å². The fraction of sp³-hybridized carbons (Fsp3) is 0.786. The first-order valence-corrected chi connectivity index (χ1v) is 7.23. The highest BCUT2D eigenvalue weighted by Crippen LogP contribution is 2.21. The van der Waals surface area contributed by atoms with Crippen LogP contribution in [0.3, 0.4) is 0 Å². The summed E-state index contributed by atoms with van der Waals surface area (Å²) in [5, 5.41) is 12.6. The summed E-state index contributed by atoms with van der Waals surface area (Å²) >= 11 is 0. The molecule has 0 amide bonds. The summed E-state index contributed by atoms with van der Waals surface area (Å²) in [5.74, 6) is 0.431. The number of rotatable bonds is 5. The largest absolute Gasteiger partial charge is 0.480 e. The van der Waals surface area contributed by atoms with Crippen LogP contribution >= 0.6 is 0 Å². The van der Waals surface area contributed by atoms with Crippen molar-refractivity contribution in [3.05, 3.63) is 11.7 Å². The van der Waals surface area contributed by atoms with Crippen LogP contribution in [-0.4, -0.2) is 51.9 Å². The van der Waals surface area contributed by atoms with E-state index in [0.717, 1.165) is 25.9 Å². The Labute approximate surface area is 124 Å². The van der Waals surface area contributed by atoms with Crippen LogP contribution in [0.5, 0.6) is 0 Å². The molecule has 0 atom stereocenters. The Morgan fingerprint density at radius 2 is 2.10 bits per heavy atom. The topological polar surface area (TPSA) is 88.7 Å². The third-order valence-corrected chi connectivity index (χ3v) is 3.45. The van der Waals surface area contributed by atoms with E-state index in [9.17, 15) is 4.79 Å². The van der Waals surface area contributed by atoms with Gasteiger partial charge in [0.2, 0.25) is 5.89 Å². The number of carbonyl (C=O) groups is 1. The SMILES string of the molecule is CC(C)(C)c1nc(CN2CCC(OCC(=O)O)CC2)no1. The highest BCUT2D eigenvalue weighted by Gasteiger charge is 2.24. The number of piperidine rings is 1. The van der Waals surface area contributed by atoms with Gasteiger partial charge in [0.05, 0.1) is 12.6 Å². The average Bonchev–Trinajstić information content (AvgIpc) is 2.86. The van der Waals surface area contributed by atoms with E-state index in [1.54, 1.807) is 0 Å². The monoisotopic (exact) mass is 297 g/mol. The molecule has 2 rings (SSSR count). The average molecular weight is 297 g/mol. The number of aromatic nitrogens is 2. The van der Waals surface area contributed by atoms with E-state index in [0.29, 0.717) is 18.3 Å². The fourth-order valence-electron chi connectivity index (χ4n) is 2.25. The Kier molecular flexibility index (Phi) is 4.95. The lowest BCUT2D eigenvalue weighted by Gasteiger charge is -2.30. The van der Waals surface area contributed by atoms with Gasteiger partial charge < -0.3 is 14.4 Å². The zero-order valence-corrected chi connectivity index (χ0v) is 12.8. The lowest BCUT2D eigenvalue weighted by atomic mass is 9.97. The maximum atomic E-state index is 10.5. The molecule has 7 heteroatoms. The Hall–Kier alpha value is -1.47. The van der Waals surface area contributed by atoms with Gasteiger partial charge in [0.15, 0.2) is 5.82 Å². The van der Waals surface area contributed by atoms with E-state index < -0.39 is 5.97 Å². The van der Waals surface area contributed by atoms with Gasteiger partial charge in [0.1, 0.15) is 6.61 Å². The number of carboxylic acids is 1. The second-order valence-corrected chi connectivity index (χ2v) is 6.45. The van der Waals surface area contributed by atoms with E-state index in [-0.39, 0.29) is 18.1 Å². The summed E-state index contributed by atoms with van der Waals surface area (Å²) < 4.78 is 10.6. The Morgan fingerprint density at radius 3 is 2.62 bits per heavy atom. The molecule has 1 N–H and O–H groups in total. The standard InChI is InChI=1S/C14H23N3O4/c1-14(2,3)13-15-11(16-21-13)8-17-6-4-10(5-7-17)20-9-12(18)19/h10H,4-9H2,1-3H3,(H,18,19). The van der Waals surface area contributed by atoms with Gasteiger partial charge in [-0.05, 0) is 12.8 Å². The number of hydrogen-bond donors (Lipinski definition) is 1. The first-order valence-electron chi connectivity index (χ1n) is 7.23. The molecule has 1 fully saturated rings. The van der Waals surface area contributed by atoms with Crippen LogP contribution in [0.2, 0.25) is 0 Å². The third kappa shape index (κ3) is 4.78. The van der Waals surface area contributed by atoms with Crippen molar-refractivity contribution >= 4 is 5.97 Å². The molecule has 7 nitrogen and oxygen atoms in total. The molecule has 0 saturated carbocycles. The highest BCUT2D eigenvalue weighted by atomic mass is 16.5. The Bertz CT molecular complexity index is 473. The van der Waals surface area contributed by atoms with Crippen molar-refractivity contribution in [2.75, 3.05) is 19.7 Å². The maximum absolute atomic E-state index is 10.5. The van der Waals surface area contributed by atoms with Gasteiger partial charge in [-0.1, -0.05) is 25.9 Å². The van der Waals surface area contributed by atoms with Crippen LogP contribution in [-0.2, 0) is 21.5 Å². The summed E-state index contributed by atoms with van der Waals surface area (Å²) in [6.07, 6.45) is 1.70. The number of hydrogen-bond acceptors (Lipinski definition) is 6. The van der Waals surface area contributed by atoms with Gasteiger partial charge in [0, 0.05) is 18.5 Å².